The molecule has 1 amide bonds. The zero-order valence-corrected chi connectivity index (χ0v) is 14.6. The molecular formula is C16H28N2O3S. The van der Waals surface area contributed by atoms with Crippen LogP contribution in [0.5, 0.6) is 0 Å². The highest BCUT2D eigenvalue weighted by atomic mass is 32.2. The number of piperazine rings is 1. The van der Waals surface area contributed by atoms with Gasteiger partial charge >= 0.3 is 0 Å². The molecule has 0 bridgehead atoms. The molecule has 0 saturated carbocycles. The van der Waals surface area contributed by atoms with Crippen LogP contribution in [0.3, 0.4) is 0 Å². The van der Waals surface area contributed by atoms with Gasteiger partial charge in [0.1, 0.15) is 0 Å². The molecule has 0 aromatic rings. The predicted octanol–water partition coefficient (Wildman–Crippen LogP) is 1.31. The van der Waals surface area contributed by atoms with Gasteiger partial charge in [-0.1, -0.05) is 12.5 Å². The Bertz CT molecular complexity index is 522. The van der Waals surface area contributed by atoms with Gasteiger partial charge in [0.05, 0.1) is 11.0 Å². The lowest BCUT2D eigenvalue weighted by Crippen LogP contribution is -2.51. The number of nitrogens with zero attached hydrogens (tertiary/aromatic N) is 2. The number of carbonyl (C=O) groups excluding carboxylic acids is 1. The normalized spacial score (nSPS) is 26.8. The number of amides is 1. The molecule has 6 heteroatoms. The van der Waals surface area contributed by atoms with Crippen molar-refractivity contribution >= 4 is 15.7 Å². The van der Waals surface area contributed by atoms with Gasteiger partial charge in [0.15, 0.2) is 9.84 Å². The lowest BCUT2D eigenvalue weighted by molar-refractivity contribution is -0.136. The average molecular weight is 328 g/mol. The number of hydrogen-bond donors (Lipinski definition) is 0. The van der Waals surface area contributed by atoms with Crippen molar-refractivity contribution in [2.45, 2.75) is 38.4 Å². The smallest absolute Gasteiger partial charge is 0.225 e. The minimum atomic E-state index is -2.88. The van der Waals surface area contributed by atoms with Gasteiger partial charge in [0.25, 0.3) is 0 Å². The van der Waals surface area contributed by atoms with E-state index in [0.29, 0.717) is 25.4 Å². The van der Waals surface area contributed by atoms with E-state index >= 15 is 0 Å². The lowest BCUT2D eigenvalue weighted by Gasteiger charge is -2.36. The number of hydrogen-bond acceptors (Lipinski definition) is 4. The van der Waals surface area contributed by atoms with Crippen molar-refractivity contribution in [3.8, 4) is 0 Å². The van der Waals surface area contributed by atoms with E-state index in [9.17, 15) is 13.2 Å². The van der Waals surface area contributed by atoms with Crippen LogP contribution in [-0.4, -0.2) is 67.9 Å². The fourth-order valence-corrected chi connectivity index (χ4v) is 5.29. The lowest BCUT2D eigenvalue weighted by atomic mass is 10.0. The molecule has 22 heavy (non-hydrogen) atoms. The van der Waals surface area contributed by atoms with Gasteiger partial charge in [-0.2, -0.15) is 0 Å². The van der Waals surface area contributed by atoms with Crippen molar-refractivity contribution in [1.82, 2.24) is 9.80 Å². The molecule has 2 aliphatic heterocycles. The molecule has 0 aromatic carbocycles. The molecule has 2 saturated heterocycles. The number of carbonyl (C=O) groups is 1. The van der Waals surface area contributed by atoms with Crippen molar-refractivity contribution in [3.63, 3.8) is 0 Å². The van der Waals surface area contributed by atoms with Crippen molar-refractivity contribution < 1.29 is 13.2 Å². The van der Waals surface area contributed by atoms with E-state index in [1.54, 1.807) is 0 Å². The molecule has 0 spiro atoms. The summed E-state index contributed by atoms with van der Waals surface area (Å²) in [4.78, 5) is 16.5. The Morgan fingerprint density at radius 1 is 1.27 bits per heavy atom. The van der Waals surface area contributed by atoms with Crippen molar-refractivity contribution in [1.29, 1.82) is 0 Å². The zero-order chi connectivity index (χ0) is 16.3. The van der Waals surface area contributed by atoms with Crippen LogP contribution in [0.2, 0.25) is 0 Å². The molecule has 2 atom stereocenters. The van der Waals surface area contributed by atoms with Crippen LogP contribution in [0.1, 0.15) is 33.1 Å². The molecule has 126 valence electrons. The van der Waals surface area contributed by atoms with Crippen molar-refractivity contribution in [2.24, 2.45) is 5.92 Å². The molecule has 5 nitrogen and oxygen atoms in total. The highest BCUT2D eigenvalue weighted by Gasteiger charge is 2.34. The minimum absolute atomic E-state index is 0.0146. The molecule has 2 fully saturated rings. The maximum Gasteiger partial charge on any atom is 0.225 e. The van der Waals surface area contributed by atoms with Crippen molar-refractivity contribution in [2.75, 3.05) is 38.5 Å². The highest BCUT2D eigenvalue weighted by molar-refractivity contribution is 7.92. The van der Waals surface area contributed by atoms with Gasteiger partial charge in [-0.15, -0.1) is 6.58 Å². The number of rotatable bonds is 5. The van der Waals surface area contributed by atoms with Gasteiger partial charge < -0.3 is 4.90 Å². The standard InChI is InChI=1S/C16H28N2O3S/c1-13(2)11-14(3)16(19)18-8-6-17(7-9-18)12-15-5-4-10-22(15,20)21/h14-15H,1,4-12H2,2-3H3. The number of sulfone groups is 1. The largest absolute Gasteiger partial charge is 0.340 e. The summed E-state index contributed by atoms with van der Waals surface area (Å²) in [6, 6.07) is 0. The summed E-state index contributed by atoms with van der Waals surface area (Å²) in [5.41, 5.74) is 1.03. The third kappa shape index (κ3) is 4.32. The second kappa shape index (κ2) is 7.13. The SMILES string of the molecule is C=C(C)CC(C)C(=O)N1CCN(CC2CCCS2(=O)=O)CC1. The molecule has 0 radical (unpaired) electrons. The first-order valence-corrected chi connectivity index (χ1v) is 9.88. The van der Waals surface area contributed by atoms with E-state index in [0.717, 1.165) is 37.9 Å². The van der Waals surface area contributed by atoms with E-state index in [-0.39, 0.29) is 17.1 Å². The topological polar surface area (TPSA) is 57.7 Å². The molecular weight excluding hydrogens is 300 g/mol. The fourth-order valence-electron chi connectivity index (χ4n) is 3.42. The molecule has 2 heterocycles. The van der Waals surface area contributed by atoms with Crippen molar-refractivity contribution in [3.05, 3.63) is 12.2 Å². The van der Waals surface area contributed by atoms with Gasteiger partial charge in [-0.3, -0.25) is 9.69 Å². The van der Waals surface area contributed by atoms with Gasteiger partial charge in [0.2, 0.25) is 5.91 Å². The van der Waals surface area contributed by atoms with E-state index in [1.807, 2.05) is 18.7 Å². The van der Waals surface area contributed by atoms with Gasteiger partial charge in [0, 0.05) is 38.6 Å². The Labute approximate surface area is 134 Å². The zero-order valence-electron chi connectivity index (χ0n) is 13.8. The quantitative estimate of drug-likeness (QED) is 0.714. The summed E-state index contributed by atoms with van der Waals surface area (Å²) in [7, 11) is -2.88. The predicted molar refractivity (Wildman–Crippen MR) is 88.4 cm³/mol. The fraction of sp³-hybridized carbons (Fsp3) is 0.812. The van der Waals surface area contributed by atoms with Gasteiger partial charge in [-0.05, 0) is 26.2 Å². The summed E-state index contributed by atoms with van der Waals surface area (Å²) in [5.74, 6) is 0.518. The third-order valence-electron chi connectivity index (χ3n) is 4.68. The monoisotopic (exact) mass is 328 g/mol. The van der Waals surface area contributed by atoms with E-state index in [4.69, 9.17) is 0 Å². The first-order valence-electron chi connectivity index (χ1n) is 8.16. The average Bonchev–Trinajstić information content (AvgIpc) is 2.77. The molecule has 0 aromatic heterocycles. The second-order valence-corrected chi connectivity index (χ2v) is 9.22. The second-order valence-electron chi connectivity index (χ2n) is 6.82. The summed E-state index contributed by atoms with van der Waals surface area (Å²) in [5, 5.41) is -0.197. The van der Waals surface area contributed by atoms with Crippen LogP contribution in [0.25, 0.3) is 0 Å². The first-order chi connectivity index (χ1) is 10.3. The maximum atomic E-state index is 12.4. The van der Waals surface area contributed by atoms with E-state index in [2.05, 4.69) is 11.5 Å². The third-order valence-corrected chi connectivity index (χ3v) is 6.94. The first kappa shape index (κ1) is 17.5. The Morgan fingerprint density at radius 2 is 1.91 bits per heavy atom. The van der Waals surface area contributed by atoms with Crippen LogP contribution in [-0.2, 0) is 14.6 Å². The highest BCUT2D eigenvalue weighted by Crippen LogP contribution is 2.22. The Kier molecular flexibility index (Phi) is 5.66. The van der Waals surface area contributed by atoms with E-state index in [1.165, 1.54) is 0 Å². The molecule has 2 rings (SSSR count). The summed E-state index contributed by atoms with van der Waals surface area (Å²) in [6.07, 6.45) is 2.32. The van der Waals surface area contributed by atoms with Crippen LogP contribution >= 0.6 is 0 Å². The summed E-state index contributed by atoms with van der Waals surface area (Å²) < 4.78 is 23.8. The minimum Gasteiger partial charge on any atom is -0.340 e. The Morgan fingerprint density at radius 3 is 2.41 bits per heavy atom. The van der Waals surface area contributed by atoms with Crippen LogP contribution < -0.4 is 0 Å². The van der Waals surface area contributed by atoms with Gasteiger partial charge in [-0.25, -0.2) is 8.42 Å². The molecule has 2 aliphatic rings. The summed E-state index contributed by atoms with van der Waals surface area (Å²) >= 11 is 0. The van der Waals surface area contributed by atoms with E-state index < -0.39 is 9.84 Å². The maximum absolute atomic E-state index is 12.4. The molecule has 0 N–H and O–H groups in total. The van der Waals surface area contributed by atoms with Crippen LogP contribution in [0.4, 0.5) is 0 Å². The van der Waals surface area contributed by atoms with Crippen LogP contribution in [0.15, 0.2) is 12.2 Å². The summed E-state index contributed by atoms with van der Waals surface area (Å²) in [6.45, 7) is 11.4. The molecule has 2 unspecified atom stereocenters. The molecule has 0 aliphatic carbocycles. The Balaban J connectivity index is 1.80. The Hall–Kier alpha value is -0.880. The van der Waals surface area contributed by atoms with Crippen LogP contribution in [0, 0.1) is 5.92 Å². The number of allylic oxidation sites excluding steroid dienone is 1.